The zero-order valence-corrected chi connectivity index (χ0v) is 15.9. The van der Waals surface area contributed by atoms with Crippen molar-refractivity contribution in [2.24, 2.45) is 5.92 Å². The fourth-order valence-corrected chi connectivity index (χ4v) is 3.63. The maximum atomic E-state index is 14.6. The van der Waals surface area contributed by atoms with Gasteiger partial charge >= 0.3 is 0 Å². The Kier molecular flexibility index (Phi) is 7.41. The average Bonchev–Trinajstić information content (AvgIpc) is 2.64. The molecule has 1 saturated carbocycles. The van der Waals surface area contributed by atoms with Gasteiger partial charge in [-0.25, -0.2) is 4.39 Å². The van der Waals surface area contributed by atoms with Crippen LogP contribution < -0.4 is 16.0 Å². The molecule has 1 aromatic carbocycles. The molecular formula is C19H27ClFN3O2. The summed E-state index contributed by atoms with van der Waals surface area (Å²) >= 11 is 0. The number of halogens is 2. The predicted octanol–water partition coefficient (Wildman–Crippen LogP) is 2.92. The van der Waals surface area contributed by atoms with Crippen LogP contribution in [0.25, 0.3) is 0 Å². The summed E-state index contributed by atoms with van der Waals surface area (Å²) in [5.74, 6) is -0.827. The molecule has 26 heavy (non-hydrogen) atoms. The Morgan fingerprint density at radius 2 is 1.96 bits per heavy atom. The van der Waals surface area contributed by atoms with Gasteiger partial charge in [0.15, 0.2) is 0 Å². The monoisotopic (exact) mass is 383 g/mol. The Bertz CT molecular complexity index is 662. The number of benzene rings is 1. The molecule has 1 fully saturated rings. The molecule has 1 aromatic rings. The third-order valence-corrected chi connectivity index (χ3v) is 5.19. The number of carbonyl (C=O) groups excluding carboxylic acids is 2. The lowest BCUT2D eigenvalue weighted by Gasteiger charge is -2.23. The van der Waals surface area contributed by atoms with Gasteiger partial charge in [-0.2, -0.15) is 0 Å². The third kappa shape index (κ3) is 4.74. The van der Waals surface area contributed by atoms with Gasteiger partial charge in [-0.3, -0.25) is 9.59 Å². The Balaban J connectivity index is 0.00000243. The van der Waals surface area contributed by atoms with E-state index in [4.69, 9.17) is 0 Å². The highest BCUT2D eigenvalue weighted by atomic mass is 35.5. The molecule has 5 nitrogen and oxygen atoms in total. The van der Waals surface area contributed by atoms with E-state index in [9.17, 15) is 14.0 Å². The van der Waals surface area contributed by atoms with E-state index >= 15 is 0 Å². The summed E-state index contributed by atoms with van der Waals surface area (Å²) in [4.78, 5) is 24.6. The first-order valence-corrected chi connectivity index (χ1v) is 9.18. The van der Waals surface area contributed by atoms with Gasteiger partial charge in [0.05, 0.1) is 5.69 Å². The van der Waals surface area contributed by atoms with Gasteiger partial charge in [-0.15, -0.1) is 12.4 Å². The van der Waals surface area contributed by atoms with Crippen molar-refractivity contribution >= 4 is 29.9 Å². The van der Waals surface area contributed by atoms with E-state index < -0.39 is 11.9 Å². The van der Waals surface area contributed by atoms with Crippen molar-refractivity contribution in [2.75, 3.05) is 11.9 Å². The number of hydrogen-bond donors (Lipinski definition) is 3. The summed E-state index contributed by atoms with van der Waals surface area (Å²) in [6.45, 7) is 3.01. The normalized spacial score (nSPS) is 18.2. The van der Waals surface area contributed by atoms with Gasteiger partial charge in [-0.1, -0.05) is 25.3 Å². The van der Waals surface area contributed by atoms with Crippen molar-refractivity contribution < 1.29 is 14.0 Å². The van der Waals surface area contributed by atoms with E-state index in [2.05, 4.69) is 16.0 Å². The van der Waals surface area contributed by atoms with Crippen LogP contribution in [-0.2, 0) is 22.6 Å². The lowest BCUT2D eigenvalue weighted by Crippen LogP contribution is -2.44. The maximum absolute atomic E-state index is 14.6. The molecule has 144 valence electrons. The van der Waals surface area contributed by atoms with E-state index in [-0.39, 0.29) is 35.7 Å². The molecule has 1 aliphatic carbocycles. The molecule has 1 aliphatic heterocycles. The second-order valence-electron chi connectivity index (χ2n) is 7.05. The fourth-order valence-electron chi connectivity index (χ4n) is 3.63. The second kappa shape index (κ2) is 9.33. The third-order valence-electron chi connectivity index (χ3n) is 5.19. The van der Waals surface area contributed by atoms with Crippen molar-refractivity contribution in [1.82, 2.24) is 10.6 Å². The van der Waals surface area contributed by atoms with E-state index in [1.54, 1.807) is 13.0 Å². The van der Waals surface area contributed by atoms with Gasteiger partial charge in [0.25, 0.3) is 0 Å². The Hall–Kier alpha value is -1.66. The summed E-state index contributed by atoms with van der Waals surface area (Å²) < 4.78 is 14.6. The smallest absolute Gasteiger partial charge is 0.246 e. The molecule has 0 radical (unpaired) electrons. The first-order chi connectivity index (χ1) is 12.1. The number of anilines is 1. The van der Waals surface area contributed by atoms with Gasteiger partial charge < -0.3 is 16.0 Å². The summed E-state index contributed by atoms with van der Waals surface area (Å²) in [7, 11) is 0. The minimum Gasteiger partial charge on any atom is -0.344 e. The number of carbonyl (C=O) groups is 2. The van der Waals surface area contributed by atoms with Crippen LogP contribution in [0.4, 0.5) is 10.1 Å². The summed E-state index contributed by atoms with van der Waals surface area (Å²) in [6.07, 6.45) is 5.68. The fraction of sp³-hybridized carbons (Fsp3) is 0.579. The average molecular weight is 384 g/mol. The van der Waals surface area contributed by atoms with E-state index in [0.717, 1.165) is 37.8 Å². The van der Waals surface area contributed by atoms with Gasteiger partial charge in [0.1, 0.15) is 11.9 Å². The first kappa shape index (κ1) is 20.6. The molecule has 0 spiro atoms. The van der Waals surface area contributed by atoms with Crippen LogP contribution in [0, 0.1) is 11.7 Å². The van der Waals surface area contributed by atoms with E-state index in [0.29, 0.717) is 18.5 Å². The number of rotatable bonds is 4. The molecular weight excluding hydrogens is 357 g/mol. The van der Waals surface area contributed by atoms with Crippen LogP contribution in [-0.4, -0.2) is 24.4 Å². The molecule has 0 bridgehead atoms. The van der Waals surface area contributed by atoms with E-state index in [1.165, 1.54) is 6.42 Å². The number of amides is 2. The highest BCUT2D eigenvalue weighted by molar-refractivity contribution is 5.97. The molecule has 1 atom stereocenters. The molecule has 2 amide bonds. The maximum Gasteiger partial charge on any atom is 0.246 e. The molecule has 7 heteroatoms. The molecule has 0 saturated heterocycles. The molecule has 1 heterocycles. The highest BCUT2D eigenvalue weighted by Crippen LogP contribution is 2.25. The zero-order chi connectivity index (χ0) is 17.8. The van der Waals surface area contributed by atoms with Crippen LogP contribution in [0.3, 0.4) is 0 Å². The first-order valence-electron chi connectivity index (χ1n) is 9.18. The SMILES string of the molecule is C[C@H](NC(=O)C1CCCCC1)C(=O)Nc1ccc2c(c1F)CCNC2.Cl. The molecule has 2 aliphatic rings. The summed E-state index contributed by atoms with van der Waals surface area (Å²) in [6, 6.07) is 2.74. The lowest BCUT2D eigenvalue weighted by atomic mass is 9.88. The lowest BCUT2D eigenvalue weighted by molar-refractivity contribution is -0.129. The van der Waals surface area contributed by atoms with Crippen LogP contribution in [0.5, 0.6) is 0 Å². The van der Waals surface area contributed by atoms with Crippen molar-refractivity contribution in [2.45, 2.75) is 58.0 Å². The molecule has 0 aromatic heterocycles. The Morgan fingerprint density at radius 3 is 2.69 bits per heavy atom. The molecule has 0 unspecified atom stereocenters. The summed E-state index contributed by atoms with van der Waals surface area (Å²) in [5, 5.41) is 8.59. The Labute approximate surface area is 159 Å². The molecule has 3 rings (SSSR count). The highest BCUT2D eigenvalue weighted by Gasteiger charge is 2.25. The summed E-state index contributed by atoms with van der Waals surface area (Å²) in [5.41, 5.74) is 1.78. The number of nitrogens with one attached hydrogen (secondary N) is 3. The van der Waals surface area contributed by atoms with E-state index in [1.807, 2.05) is 6.07 Å². The quantitative estimate of drug-likeness (QED) is 0.748. The second-order valence-corrected chi connectivity index (χ2v) is 7.05. The zero-order valence-electron chi connectivity index (χ0n) is 15.1. The minimum absolute atomic E-state index is 0. The van der Waals surface area contributed by atoms with Gasteiger partial charge in [-0.05, 0) is 49.9 Å². The van der Waals surface area contributed by atoms with Gasteiger partial charge in [0.2, 0.25) is 11.8 Å². The number of fused-ring (bicyclic) bond motifs is 1. The van der Waals surface area contributed by atoms with Crippen LogP contribution in [0.2, 0.25) is 0 Å². The standard InChI is InChI=1S/C19H26FN3O2.ClH/c1-12(22-19(25)13-5-3-2-4-6-13)18(24)23-16-8-7-14-11-21-10-9-15(14)17(16)20;/h7-8,12-13,21H,2-6,9-11H2,1H3,(H,22,25)(H,23,24);1H/t12-;/m0./s1. The van der Waals surface area contributed by atoms with Crippen molar-refractivity contribution in [3.8, 4) is 0 Å². The number of hydrogen-bond acceptors (Lipinski definition) is 3. The Morgan fingerprint density at radius 1 is 1.23 bits per heavy atom. The van der Waals surface area contributed by atoms with Crippen molar-refractivity contribution in [1.29, 1.82) is 0 Å². The van der Waals surface area contributed by atoms with Gasteiger partial charge in [0, 0.05) is 12.5 Å². The largest absolute Gasteiger partial charge is 0.344 e. The van der Waals surface area contributed by atoms with Crippen LogP contribution in [0.15, 0.2) is 12.1 Å². The molecule has 3 N–H and O–H groups in total. The van der Waals surface area contributed by atoms with Crippen molar-refractivity contribution in [3.63, 3.8) is 0 Å². The van der Waals surface area contributed by atoms with Crippen molar-refractivity contribution in [3.05, 3.63) is 29.1 Å². The van der Waals surface area contributed by atoms with Crippen LogP contribution in [0.1, 0.15) is 50.2 Å². The topological polar surface area (TPSA) is 70.2 Å². The predicted molar refractivity (Wildman–Crippen MR) is 102 cm³/mol. The minimum atomic E-state index is -0.688. The van der Waals surface area contributed by atoms with Crippen LogP contribution >= 0.6 is 12.4 Å².